The molecule has 110 valence electrons. The quantitative estimate of drug-likeness (QED) is 0.891. The highest BCUT2D eigenvalue weighted by Crippen LogP contribution is 2.16. The molecule has 21 heavy (non-hydrogen) atoms. The molecule has 1 aromatic carbocycles. The van der Waals surface area contributed by atoms with Gasteiger partial charge in [0.05, 0.1) is 17.1 Å². The minimum atomic E-state index is -0.433. The molecule has 2 aromatic rings. The highest BCUT2D eigenvalue weighted by molar-refractivity contribution is 7.98. The molecule has 1 heterocycles. The molecule has 1 unspecified atom stereocenters. The molecule has 0 bridgehead atoms. The second-order valence-electron chi connectivity index (χ2n) is 4.79. The van der Waals surface area contributed by atoms with Crippen molar-refractivity contribution in [3.63, 3.8) is 0 Å². The minimum Gasteiger partial charge on any atom is -0.342 e. The molecule has 0 saturated heterocycles. The Balaban J connectivity index is 2.23. The maximum atomic E-state index is 12.4. The maximum absolute atomic E-state index is 12.4. The van der Waals surface area contributed by atoms with E-state index in [9.17, 15) is 9.59 Å². The zero-order valence-electron chi connectivity index (χ0n) is 12.1. The second-order valence-corrected chi connectivity index (χ2v) is 5.78. The third-order valence-corrected chi connectivity index (χ3v) is 3.94. The van der Waals surface area contributed by atoms with Crippen LogP contribution in [-0.2, 0) is 4.79 Å². The Hall–Kier alpha value is -1.88. The number of carbonyl (C=O) groups excluding carboxylic acids is 2. The molecule has 1 amide bonds. The SMILES string of the molecule is CSCCC(NC(=O)c1ccnc2ccccc12)C(C)=O. The van der Waals surface area contributed by atoms with Crippen LogP contribution in [-0.4, -0.2) is 34.7 Å². The third kappa shape index (κ3) is 3.82. The first-order valence-corrected chi connectivity index (χ1v) is 8.17. The van der Waals surface area contributed by atoms with E-state index in [1.165, 1.54) is 6.92 Å². The molecule has 1 atom stereocenters. The number of fused-ring (bicyclic) bond motifs is 1. The van der Waals surface area contributed by atoms with Crippen molar-refractivity contribution in [2.75, 3.05) is 12.0 Å². The van der Waals surface area contributed by atoms with Gasteiger partial charge in [0.2, 0.25) is 0 Å². The number of thioether (sulfide) groups is 1. The highest BCUT2D eigenvalue weighted by Gasteiger charge is 2.18. The van der Waals surface area contributed by atoms with Crippen LogP contribution in [0.5, 0.6) is 0 Å². The van der Waals surface area contributed by atoms with Crippen molar-refractivity contribution in [3.8, 4) is 0 Å². The van der Waals surface area contributed by atoms with E-state index in [2.05, 4.69) is 10.3 Å². The summed E-state index contributed by atoms with van der Waals surface area (Å²) in [6.45, 7) is 1.51. The van der Waals surface area contributed by atoms with Crippen LogP contribution in [0.1, 0.15) is 23.7 Å². The van der Waals surface area contributed by atoms with Crippen LogP contribution in [0.15, 0.2) is 36.5 Å². The molecule has 0 aliphatic heterocycles. The summed E-state index contributed by atoms with van der Waals surface area (Å²) in [5.74, 6) is 0.590. The van der Waals surface area contributed by atoms with E-state index >= 15 is 0 Å². The lowest BCUT2D eigenvalue weighted by atomic mass is 10.1. The van der Waals surface area contributed by atoms with Crippen LogP contribution in [0.3, 0.4) is 0 Å². The summed E-state index contributed by atoms with van der Waals surface area (Å²) < 4.78 is 0. The Kier molecular flexibility index (Phi) is 5.33. The molecule has 0 aliphatic carbocycles. The largest absolute Gasteiger partial charge is 0.342 e. The number of aromatic nitrogens is 1. The molecule has 1 aromatic heterocycles. The van der Waals surface area contributed by atoms with Gasteiger partial charge in [-0.05, 0) is 37.5 Å². The average molecular weight is 302 g/mol. The van der Waals surface area contributed by atoms with Crippen molar-refractivity contribution >= 4 is 34.4 Å². The summed E-state index contributed by atoms with van der Waals surface area (Å²) in [4.78, 5) is 28.3. The summed E-state index contributed by atoms with van der Waals surface area (Å²) in [7, 11) is 0. The number of amides is 1. The minimum absolute atomic E-state index is 0.0178. The monoisotopic (exact) mass is 302 g/mol. The number of para-hydroxylation sites is 1. The number of hydrogen-bond acceptors (Lipinski definition) is 4. The van der Waals surface area contributed by atoms with E-state index in [1.807, 2.05) is 30.5 Å². The fourth-order valence-electron chi connectivity index (χ4n) is 2.14. The van der Waals surface area contributed by atoms with Gasteiger partial charge in [0.25, 0.3) is 5.91 Å². The lowest BCUT2D eigenvalue weighted by molar-refractivity contribution is -0.118. The topological polar surface area (TPSA) is 59.1 Å². The average Bonchev–Trinajstić information content (AvgIpc) is 2.50. The number of nitrogens with zero attached hydrogens (tertiary/aromatic N) is 1. The zero-order chi connectivity index (χ0) is 15.2. The van der Waals surface area contributed by atoms with Gasteiger partial charge in [0.1, 0.15) is 0 Å². The number of nitrogens with one attached hydrogen (secondary N) is 1. The van der Waals surface area contributed by atoms with Gasteiger partial charge in [-0.3, -0.25) is 14.6 Å². The zero-order valence-corrected chi connectivity index (χ0v) is 12.9. The number of Topliss-reactive ketones (excluding diaryl/α,β-unsaturated/α-hetero) is 1. The first-order chi connectivity index (χ1) is 10.1. The molecular formula is C16H18N2O2S. The van der Waals surface area contributed by atoms with Crippen molar-refractivity contribution in [3.05, 3.63) is 42.1 Å². The highest BCUT2D eigenvalue weighted by atomic mass is 32.2. The van der Waals surface area contributed by atoms with Crippen LogP contribution >= 0.6 is 11.8 Å². The van der Waals surface area contributed by atoms with E-state index in [1.54, 1.807) is 24.0 Å². The molecule has 0 fully saturated rings. The van der Waals surface area contributed by atoms with Gasteiger partial charge in [0, 0.05) is 11.6 Å². The van der Waals surface area contributed by atoms with E-state index < -0.39 is 6.04 Å². The Labute approximate surface area is 128 Å². The van der Waals surface area contributed by atoms with Gasteiger partial charge in [-0.15, -0.1) is 0 Å². The van der Waals surface area contributed by atoms with Crippen molar-refractivity contribution in [1.29, 1.82) is 0 Å². The predicted molar refractivity (Wildman–Crippen MR) is 86.7 cm³/mol. The van der Waals surface area contributed by atoms with Crippen LogP contribution in [0.25, 0.3) is 10.9 Å². The summed E-state index contributed by atoms with van der Waals surface area (Å²) in [5, 5.41) is 3.63. The van der Waals surface area contributed by atoms with Crippen LogP contribution in [0.2, 0.25) is 0 Å². The predicted octanol–water partition coefficient (Wildman–Crippen LogP) is 2.68. The molecule has 0 aliphatic rings. The molecule has 0 spiro atoms. The second kappa shape index (κ2) is 7.22. The van der Waals surface area contributed by atoms with E-state index in [0.29, 0.717) is 12.0 Å². The van der Waals surface area contributed by atoms with E-state index in [0.717, 1.165) is 16.7 Å². The Morgan fingerprint density at radius 1 is 1.29 bits per heavy atom. The Morgan fingerprint density at radius 3 is 2.76 bits per heavy atom. The molecule has 2 rings (SSSR count). The van der Waals surface area contributed by atoms with Gasteiger partial charge < -0.3 is 5.32 Å². The normalized spacial score (nSPS) is 12.1. The Morgan fingerprint density at radius 2 is 2.05 bits per heavy atom. The number of rotatable bonds is 6. The summed E-state index contributed by atoms with van der Waals surface area (Å²) >= 11 is 1.66. The van der Waals surface area contributed by atoms with Gasteiger partial charge in [-0.25, -0.2) is 0 Å². The van der Waals surface area contributed by atoms with Crippen LogP contribution < -0.4 is 5.32 Å². The van der Waals surface area contributed by atoms with Gasteiger partial charge in [-0.1, -0.05) is 18.2 Å². The Bertz CT molecular complexity index is 652. The summed E-state index contributed by atoms with van der Waals surface area (Å²) in [5.41, 5.74) is 1.32. The fraction of sp³-hybridized carbons (Fsp3) is 0.312. The molecule has 1 N–H and O–H groups in total. The molecule has 0 radical (unpaired) electrons. The van der Waals surface area contributed by atoms with E-state index in [-0.39, 0.29) is 11.7 Å². The number of pyridine rings is 1. The summed E-state index contributed by atoms with van der Waals surface area (Å²) in [6, 6.07) is 8.73. The summed E-state index contributed by atoms with van der Waals surface area (Å²) in [6.07, 6.45) is 4.24. The third-order valence-electron chi connectivity index (χ3n) is 3.30. The van der Waals surface area contributed by atoms with Gasteiger partial charge in [0.15, 0.2) is 5.78 Å². The lowest BCUT2D eigenvalue weighted by Crippen LogP contribution is -2.40. The van der Waals surface area contributed by atoms with Crippen molar-refractivity contribution < 1.29 is 9.59 Å². The number of ketones is 1. The lowest BCUT2D eigenvalue weighted by Gasteiger charge is -2.16. The number of hydrogen-bond donors (Lipinski definition) is 1. The van der Waals surface area contributed by atoms with Crippen LogP contribution in [0.4, 0.5) is 0 Å². The van der Waals surface area contributed by atoms with Gasteiger partial charge >= 0.3 is 0 Å². The molecule has 0 saturated carbocycles. The molecule has 5 heteroatoms. The van der Waals surface area contributed by atoms with Gasteiger partial charge in [-0.2, -0.15) is 11.8 Å². The number of benzene rings is 1. The molecule has 4 nitrogen and oxygen atoms in total. The number of carbonyl (C=O) groups is 2. The van der Waals surface area contributed by atoms with Crippen molar-refractivity contribution in [2.45, 2.75) is 19.4 Å². The van der Waals surface area contributed by atoms with Crippen LogP contribution in [0, 0.1) is 0 Å². The first-order valence-electron chi connectivity index (χ1n) is 6.77. The van der Waals surface area contributed by atoms with E-state index in [4.69, 9.17) is 0 Å². The fourth-order valence-corrected chi connectivity index (χ4v) is 2.61. The standard InChI is InChI=1S/C16H18N2O2S/c1-11(19)14(8-10-21-2)18-16(20)13-7-9-17-15-6-4-3-5-12(13)15/h3-7,9,14H,8,10H2,1-2H3,(H,18,20). The maximum Gasteiger partial charge on any atom is 0.252 e. The van der Waals surface area contributed by atoms with Crippen molar-refractivity contribution in [2.24, 2.45) is 0 Å². The first kappa shape index (κ1) is 15.5. The smallest absolute Gasteiger partial charge is 0.252 e. The molecular weight excluding hydrogens is 284 g/mol. The van der Waals surface area contributed by atoms with Crippen molar-refractivity contribution in [1.82, 2.24) is 10.3 Å².